The van der Waals surface area contributed by atoms with Gasteiger partial charge in [-0.3, -0.25) is 9.48 Å². The second-order valence-corrected chi connectivity index (χ2v) is 6.82. The molecule has 0 amide bonds. The van der Waals surface area contributed by atoms with Gasteiger partial charge in [-0.2, -0.15) is 5.10 Å². The maximum Gasteiger partial charge on any atom is 0.169 e. The Morgan fingerprint density at radius 1 is 1.19 bits per heavy atom. The highest BCUT2D eigenvalue weighted by Gasteiger charge is 2.17. The number of Topliss-reactive ketones (excluding diaryl/α,β-unsaturated/α-hetero) is 1. The van der Waals surface area contributed by atoms with Crippen molar-refractivity contribution in [2.45, 2.75) is 44.6 Å². The molecule has 1 heterocycles. The summed E-state index contributed by atoms with van der Waals surface area (Å²) in [5.74, 6) is 0.147. The zero-order valence-electron chi connectivity index (χ0n) is 12.0. The van der Waals surface area contributed by atoms with Crippen LogP contribution in [0.5, 0.6) is 0 Å². The van der Waals surface area contributed by atoms with Crippen LogP contribution in [-0.4, -0.2) is 15.6 Å². The molecule has 0 atom stereocenters. The fourth-order valence-electron chi connectivity index (χ4n) is 2.97. The van der Waals surface area contributed by atoms with Gasteiger partial charge in [-0.05, 0) is 47.6 Å². The molecule has 1 aliphatic rings. The Morgan fingerprint density at radius 3 is 2.71 bits per heavy atom. The normalized spacial score (nSPS) is 16.0. The third-order valence-electron chi connectivity index (χ3n) is 4.13. The van der Waals surface area contributed by atoms with Crippen molar-refractivity contribution in [1.29, 1.82) is 0 Å². The number of aromatic nitrogens is 2. The zero-order chi connectivity index (χ0) is 14.7. The Bertz CT molecular complexity index is 629. The van der Waals surface area contributed by atoms with Crippen LogP contribution >= 0.6 is 22.6 Å². The van der Waals surface area contributed by atoms with Crippen molar-refractivity contribution in [3.8, 4) is 0 Å². The van der Waals surface area contributed by atoms with Crippen molar-refractivity contribution < 1.29 is 4.79 Å². The Labute approximate surface area is 138 Å². The van der Waals surface area contributed by atoms with Crippen LogP contribution in [0.4, 0.5) is 0 Å². The molecule has 3 rings (SSSR count). The number of rotatable bonds is 4. The molecule has 4 heteroatoms. The van der Waals surface area contributed by atoms with Crippen LogP contribution in [0.1, 0.15) is 54.2 Å². The molecule has 1 fully saturated rings. The number of carbonyl (C=O) groups is 1. The van der Waals surface area contributed by atoms with E-state index in [9.17, 15) is 4.79 Å². The highest BCUT2D eigenvalue weighted by molar-refractivity contribution is 14.1. The van der Waals surface area contributed by atoms with Crippen molar-refractivity contribution in [3.05, 3.63) is 51.4 Å². The van der Waals surface area contributed by atoms with Crippen LogP contribution in [-0.2, 0) is 6.42 Å². The van der Waals surface area contributed by atoms with Crippen LogP contribution in [0.2, 0.25) is 0 Å². The molecule has 21 heavy (non-hydrogen) atoms. The van der Waals surface area contributed by atoms with Gasteiger partial charge >= 0.3 is 0 Å². The first kappa shape index (κ1) is 14.8. The van der Waals surface area contributed by atoms with Gasteiger partial charge < -0.3 is 0 Å². The molecule has 1 aromatic heterocycles. The summed E-state index contributed by atoms with van der Waals surface area (Å²) >= 11 is 2.21. The van der Waals surface area contributed by atoms with Gasteiger partial charge in [-0.1, -0.05) is 37.5 Å². The van der Waals surface area contributed by atoms with Crippen molar-refractivity contribution in [3.63, 3.8) is 0 Å². The molecule has 0 bridgehead atoms. The standard InChI is InChI=1S/C17H19IN2O/c18-16-9-5-4-8-15(16)17(21)12-13-10-11-20(19-13)14-6-2-1-3-7-14/h4-5,8-11,14H,1-3,6-7,12H2. The summed E-state index contributed by atoms with van der Waals surface area (Å²) < 4.78 is 3.07. The maximum atomic E-state index is 12.4. The summed E-state index contributed by atoms with van der Waals surface area (Å²) in [7, 11) is 0. The molecule has 0 N–H and O–H groups in total. The van der Waals surface area contributed by atoms with E-state index in [1.807, 2.05) is 36.5 Å². The highest BCUT2D eigenvalue weighted by atomic mass is 127. The minimum absolute atomic E-state index is 0.147. The molecular weight excluding hydrogens is 375 g/mol. The second-order valence-electron chi connectivity index (χ2n) is 5.66. The lowest BCUT2D eigenvalue weighted by Crippen LogP contribution is -2.14. The average molecular weight is 394 g/mol. The van der Waals surface area contributed by atoms with E-state index in [0.29, 0.717) is 12.5 Å². The number of hydrogen-bond acceptors (Lipinski definition) is 2. The SMILES string of the molecule is O=C(Cc1ccn(C2CCCCC2)n1)c1ccccc1I. The number of ketones is 1. The van der Waals surface area contributed by atoms with Gasteiger partial charge in [0.2, 0.25) is 0 Å². The Kier molecular flexibility index (Phi) is 4.73. The summed E-state index contributed by atoms with van der Waals surface area (Å²) in [6.07, 6.45) is 8.78. The van der Waals surface area contributed by atoms with Gasteiger partial charge in [0.05, 0.1) is 18.2 Å². The summed E-state index contributed by atoms with van der Waals surface area (Å²) in [6.45, 7) is 0. The molecule has 0 saturated heterocycles. The quantitative estimate of drug-likeness (QED) is 0.569. The summed E-state index contributed by atoms with van der Waals surface area (Å²) in [4.78, 5) is 12.4. The van der Waals surface area contributed by atoms with E-state index in [1.165, 1.54) is 32.1 Å². The van der Waals surface area contributed by atoms with Crippen LogP contribution in [0.3, 0.4) is 0 Å². The molecule has 1 aromatic carbocycles. The number of hydrogen-bond donors (Lipinski definition) is 0. The van der Waals surface area contributed by atoms with Crippen LogP contribution in [0, 0.1) is 3.57 Å². The van der Waals surface area contributed by atoms with Crippen LogP contribution in [0.25, 0.3) is 0 Å². The first-order valence-corrected chi connectivity index (χ1v) is 8.63. The molecule has 110 valence electrons. The number of carbonyl (C=O) groups excluding carboxylic acids is 1. The van der Waals surface area contributed by atoms with Gasteiger partial charge in [0, 0.05) is 15.3 Å². The van der Waals surface area contributed by atoms with Gasteiger partial charge in [0.15, 0.2) is 5.78 Å². The molecule has 1 saturated carbocycles. The van der Waals surface area contributed by atoms with E-state index in [4.69, 9.17) is 0 Å². The lowest BCUT2D eigenvalue weighted by molar-refractivity contribution is 0.0990. The molecule has 0 aliphatic heterocycles. The number of benzene rings is 1. The molecule has 0 spiro atoms. The second kappa shape index (κ2) is 6.73. The number of nitrogens with zero attached hydrogens (tertiary/aromatic N) is 2. The molecule has 2 aromatic rings. The molecular formula is C17H19IN2O. The van der Waals surface area contributed by atoms with Gasteiger partial charge in [0.1, 0.15) is 0 Å². The van der Waals surface area contributed by atoms with E-state index in [2.05, 4.69) is 32.4 Å². The maximum absolute atomic E-state index is 12.4. The van der Waals surface area contributed by atoms with E-state index in [0.717, 1.165) is 14.8 Å². The molecule has 1 aliphatic carbocycles. The fraction of sp³-hybridized carbons (Fsp3) is 0.412. The van der Waals surface area contributed by atoms with E-state index >= 15 is 0 Å². The predicted octanol–water partition coefficient (Wildman–Crippen LogP) is 4.42. The summed E-state index contributed by atoms with van der Waals surface area (Å²) in [5.41, 5.74) is 1.68. The zero-order valence-corrected chi connectivity index (χ0v) is 14.1. The average Bonchev–Trinajstić information content (AvgIpc) is 2.97. The topological polar surface area (TPSA) is 34.9 Å². The van der Waals surface area contributed by atoms with Crippen molar-refractivity contribution in [2.24, 2.45) is 0 Å². The third kappa shape index (κ3) is 3.54. The van der Waals surface area contributed by atoms with E-state index in [1.54, 1.807) is 0 Å². The Hall–Kier alpha value is -1.17. The van der Waals surface area contributed by atoms with Gasteiger partial charge in [0.25, 0.3) is 0 Å². The summed E-state index contributed by atoms with van der Waals surface area (Å²) in [6, 6.07) is 10.2. The minimum Gasteiger partial charge on any atom is -0.294 e. The van der Waals surface area contributed by atoms with E-state index < -0.39 is 0 Å². The molecule has 0 radical (unpaired) electrons. The van der Waals surface area contributed by atoms with Gasteiger partial charge in [-0.25, -0.2) is 0 Å². The largest absolute Gasteiger partial charge is 0.294 e. The third-order valence-corrected chi connectivity index (χ3v) is 5.07. The molecule has 0 unspecified atom stereocenters. The predicted molar refractivity (Wildman–Crippen MR) is 91.5 cm³/mol. The Balaban J connectivity index is 1.69. The van der Waals surface area contributed by atoms with Crippen molar-refractivity contribution >= 4 is 28.4 Å². The van der Waals surface area contributed by atoms with Crippen molar-refractivity contribution in [1.82, 2.24) is 9.78 Å². The first-order valence-electron chi connectivity index (χ1n) is 7.56. The van der Waals surface area contributed by atoms with E-state index in [-0.39, 0.29) is 5.78 Å². The lowest BCUT2D eigenvalue weighted by atomic mass is 9.96. The van der Waals surface area contributed by atoms with Crippen LogP contribution in [0.15, 0.2) is 36.5 Å². The first-order chi connectivity index (χ1) is 10.2. The summed E-state index contributed by atoms with van der Waals surface area (Å²) in [5, 5.41) is 4.62. The fourth-order valence-corrected chi connectivity index (χ4v) is 3.66. The van der Waals surface area contributed by atoms with Gasteiger partial charge in [-0.15, -0.1) is 0 Å². The minimum atomic E-state index is 0.147. The monoisotopic (exact) mass is 394 g/mol. The smallest absolute Gasteiger partial charge is 0.169 e. The number of halogens is 1. The lowest BCUT2D eigenvalue weighted by Gasteiger charge is -2.21. The Morgan fingerprint density at radius 2 is 1.95 bits per heavy atom. The highest BCUT2D eigenvalue weighted by Crippen LogP contribution is 2.27. The molecule has 3 nitrogen and oxygen atoms in total. The van der Waals surface area contributed by atoms with Crippen molar-refractivity contribution in [2.75, 3.05) is 0 Å². The van der Waals surface area contributed by atoms with Crippen LogP contribution < -0.4 is 0 Å².